The highest BCUT2D eigenvalue weighted by molar-refractivity contribution is 5.94. The molecule has 0 bridgehead atoms. The SMILES string of the molecule is CCC(C)C(NC(=O)C(N)Cc1cnc[nH]1)C(=O)NCC(=O)N1CCCC1C(=O)NCC(=O)NC(CCCN=C(N)N)C(=O)O. The molecule has 45 heavy (non-hydrogen) atoms. The number of nitrogens with two attached hydrogens (primary N) is 3. The lowest BCUT2D eigenvalue weighted by molar-refractivity contribution is -0.142. The molecule has 1 saturated heterocycles. The quantitative estimate of drug-likeness (QED) is 0.0436. The van der Waals surface area contributed by atoms with E-state index >= 15 is 0 Å². The Morgan fingerprint density at radius 1 is 1.13 bits per heavy atom. The normalized spacial score (nSPS) is 16.9. The molecule has 0 radical (unpaired) electrons. The third kappa shape index (κ3) is 12.0. The highest BCUT2D eigenvalue weighted by Gasteiger charge is 2.35. The Labute approximate surface area is 260 Å². The van der Waals surface area contributed by atoms with Gasteiger partial charge in [0.2, 0.25) is 29.5 Å². The number of nitrogens with zero attached hydrogens (tertiary/aromatic N) is 3. The maximum Gasteiger partial charge on any atom is 0.326 e. The maximum atomic E-state index is 13.0. The smallest absolute Gasteiger partial charge is 0.326 e. The van der Waals surface area contributed by atoms with Gasteiger partial charge < -0.3 is 53.5 Å². The van der Waals surface area contributed by atoms with Gasteiger partial charge >= 0.3 is 5.97 Å². The van der Waals surface area contributed by atoms with Crippen LogP contribution in [0.5, 0.6) is 0 Å². The molecule has 5 atom stereocenters. The molecular weight excluding hydrogens is 590 g/mol. The van der Waals surface area contributed by atoms with Crippen molar-refractivity contribution in [3.63, 3.8) is 0 Å². The fourth-order valence-corrected chi connectivity index (χ4v) is 4.69. The summed E-state index contributed by atoms with van der Waals surface area (Å²) >= 11 is 0. The lowest BCUT2D eigenvalue weighted by Crippen LogP contribution is -2.56. The first kappa shape index (κ1) is 36.5. The van der Waals surface area contributed by atoms with Gasteiger partial charge in [0.05, 0.1) is 25.5 Å². The van der Waals surface area contributed by atoms with E-state index in [1.807, 2.05) is 6.92 Å². The van der Waals surface area contributed by atoms with Crippen molar-refractivity contribution in [2.24, 2.45) is 28.1 Å². The second kappa shape index (κ2) is 18.2. The van der Waals surface area contributed by atoms with Crippen LogP contribution in [-0.4, -0.2) is 112 Å². The minimum Gasteiger partial charge on any atom is -0.480 e. The number of rotatable bonds is 18. The van der Waals surface area contributed by atoms with Crippen molar-refractivity contribution in [3.05, 3.63) is 18.2 Å². The number of aromatic amines is 1. The number of aliphatic imine (C=N–C) groups is 1. The zero-order valence-corrected chi connectivity index (χ0v) is 25.6. The topological polar surface area (TPSA) is 293 Å². The molecule has 1 aliphatic heterocycles. The zero-order valence-electron chi connectivity index (χ0n) is 25.6. The van der Waals surface area contributed by atoms with E-state index in [9.17, 15) is 33.9 Å². The number of hydrogen-bond acceptors (Lipinski definition) is 9. The van der Waals surface area contributed by atoms with Gasteiger partial charge in [-0.05, 0) is 31.6 Å². The Morgan fingerprint density at radius 3 is 2.49 bits per heavy atom. The molecule has 0 saturated carbocycles. The number of likely N-dealkylation sites (tertiary alicyclic amines) is 1. The van der Waals surface area contributed by atoms with Gasteiger partial charge in [0.1, 0.15) is 18.1 Å². The van der Waals surface area contributed by atoms with Crippen molar-refractivity contribution >= 4 is 41.5 Å². The lowest BCUT2D eigenvalue weighted by Gasteiger charge is -2.27. The van der Waals surface area contributed by atoms with E-state index in [0.29, 0.717) is 31.4 Å². The van der Waals surface area contributed by atoms with E-state index in [1.54, 1.807) is 13.1 Å². The van der Waals surface area contributed by atoms with Gasteiger partial charge in [-0.25, -0.2) is 9.78 Å². The maximum absolute atomic E-state index is 13.0. The Kier molecular flexibility index (Phi) is 14.7. The molecule has 12 N–H and O–H groups in total. The second-order valence-electron chi connectivity index (χ2n) is 10.8. The van der Waals surface area contributed by atoms with Gasteiger partial charge in [-0.1, -0.05) is 20.3 Å². The summed E-state index contributed by atoms with van der Waals surface area (Å²) in [7, 11) is 0. The van der Waals surface area contributed by atoms with Crippen molar-refractivity contribution in [1.29, 1.82) is 0 Å². The van der Waals surface area contributed by atoms with Crippen LogP contribution in [0.1, 0.15) is 51.6 Å². The summed E-state index contributed by atoms with van der Waals surface area (Å²) in [6.45, 7) is 3.20. The fourth-order valence-electron chi connectivity index (χ4n) is 4.69. The van der Waals surface area contributed by atoms with E-state index in [0.717, 1.165) is 0 Å². The lowest BCUT2D eigenvalue weighted by atomic mass is 9.97. The van der Waals surface area contributed by atoms with Crippen LogP contribution < -0.4 is 38.5 Å². The van der Waals surface area contributed by atoms with Crippen LogP contribution in [0.25, 0.3) is 0 Å². The zero-order chi connectivity index (χ0) is 33.5. The average Bonchev–Trinajstić information content (AvgIpc) is 3.70. The summed E-state index contributed by atoms with van der Waals surface area (Å²) in [5.41, 5.74) is 17.1. The monoisotopic (exact) mass is 635 g/mol. The summed E-state index contributed by atoms with van der Waals surface area (Å²) in [6, 6.07) is -3.95. The highest BCUT2D eigenvalue weighted by Crippen LogP contribution is 2.17. The molecule has 5 amide bonds. The summed E-state index contributed by atoms with van der Waals surface area (Å²) in [5.74, 6) is -4.55. The number of guanidine groups is 1. The van der Waals surface area contributed by atoms with Crippen LogP contribution in [0, 0.1) is 5.92 Å². The molecule has 18 heteroatoms. The molecule has 1 fully saturated rings. The summed E-state index contributed by atoms with van der Waals surface area (Å²) < 4.78 is 0. The third-order valence-corrected chi connectivity index (χ3v) is 7.42. The first-order valence-electron chi connectivity index (χ1n) is 14.8. The van der Waals surface area contributed by atoms with Crippen LogP contribution in [0.15, 0.2) is 17.5 Å². The standard InChI is InChI=1S/C27H45N11O7/c1-3-15(2)22(37-23(41)17(28)10-16-11-31-14-35-16)25(43)34-13-21(40)38-9-5-7-19(38)24(42)33-12-20(39)36-18(26(44)45)6-4-8-32-27(29)30/h11,14-15,17-19,22H,3-10,12-13,28H2,1-2H3,(H,31,35)(H,33,42)(H,34,43)(H,36,39)(H,37,41)(H,44,45)(H4,29,30,32). The Morgan fingerprint density at radius 2 is 1.87 bits per heavy atom. The summed E-state index contributed by atoms with van der Waals surface area (Å²) in [6.07, 6.45) is 5.03. The third-order valence-electron chi connectivity index (χ3n) is 7.42. The molecule has 2 heterocycles. The molecule has 2 rings (SSSR count). The van der Waals surface area contributed by atoms with E-state index in [4.69, 9.17) is 17.2 Å². The molecule has 18 nitrogen and oxygen atoms in total. The number of hydrogen-bond donors (Lipinski definition) is 9. The number of H-pyrrole nitrogens is 1. The summed E-state index contributed by atoms with van der Waals surface area (Å²) in [4.78, 5) is 87.2. The molecule has 5 unspecified atom stereocenters. The van der Waals surface area contributed by atoms with E-state index in [-0.39, 0.29) is 37.8 Å². The number of carboxylic acid groups (broad SMARTS) is 1. The van der Waals surface area contributed by atoms with Crippen molar-refractivity contribution in [2.75, 3.05) is 26.2 Å². The Hall–Kier alpha value is -4.74. The van der Waals surface area contributed by atoms with Gasteiger partial charge in [0.15, 0.2) is 5.96 Å². The number of carboxylic acids is 1. The first-order valence-corrected chi connectivity index (χ1v) is 14.8. The van der Waals surface area contributed by atoms with Crippen molar-refractivity contribution in [3.8, 4) is 0 Å². The van der Waals surface area contributed by atoms with Crippen molar-refractivity contribution in [2.45, 2.75) is 76.5 Å². The van der Waals surface area contributed by atoms with Crippen LogP contribution >= 0.6 is 0 Å². The largest absolute Gasteiger partial charge is 0.480 e. The Balaban J connectivity index is 1.87. The molecule has 1 aromatic heterocycles. The van der Waals surface area contributed by atoms with Gasteiger partial charge in [-0.2, -0.15) is 0 Å². The molecule has 0 aliphatic carbocycles. The van der Waals surface area contributed by atoms with E-state index in [2.05, 4.69) is 36.2 Å². The number of imidazole rings is 1. The molecule has 0 aromatic carbocycles. The number of aromatic nitrogens is 2. The second-order valence-corrected chi connectivity index (χ2v) is 10.8. The van der Waals surface area contributed by atoms with Crippen molar-refractivity contribution in [1.82, 2.24) is 36.1 Å². The van der Waals surface area contributed by atoms with Crippen LogP contribution in [0.3, 0.4) is 0 Å². The van der Waals surface area contributed by atoms with Crippen LogP contribution in [0.4, 0.5) is 0 Å². The van der Waals surface area contributed by atoms with Gasteiger partial charge in [-0.15, -0.1) is 0 Å². The van der Waals surface area contributed by atoms with Gasteiger partial charge in [-0.3, -0.25) is 29.0 Å². The number of carbonyl (C=O) groups excluding carboxylic acids is 5. The van der Waals surface area contributed by atoms with Gasteiger partial charge in [0.25, 0.3) is 0 Å². The number of carbonyl (C=O) groups is 6. The average molecular weight is 636 g/mol. The van der Waals surface area contributed by atoms with E-state index in [1.165, 1.54) is 11.2 Å². The minimum absolute atomic E-state index is 0.0714. The molecule has 250 valence electrons. The highest BCUT2D eigenvalue weighted by atomic mass is 16.4. The van der Waals surface area contributed by atoms with Crippen molar-refractivity contribution < 1.29 is 33.9 Å². The molecular formula is C27H45N11O7. The number of nitrogens with one attached hydrogen (secondary N) is 5. The molecule has 0 spiro atoms. The number of aliphatic carboxylic acids is 1. The predicted octanol–water partition coefficient (Wildman–Crippen LogP) is -3.34. The van der Waals surface area contributed by atoms with E-state index < -0.39 is 72.8 Å². The van der Waals surface area contributed by atoms with Gasteiger partial charge in [0, 0.05) is 31.4 Å². The number of amides is 5. The first-order chi connectivity index (χ1) is 21.3. The summed E-state index contributed by atoms with van der Waals surface area (Å²) in [5, 5.41) is 19.4. The predicted molar refractivity (Wildman–Crippen MR) is 162 cm³/mol. The fraction of sp³-hybridized carbons (Fsp3) is 0.630. The molecule has 1 aliphatic rings. The minimum atomic E-state index is -1.25. The molecule has 1 aromatic rings. The Bertz CT molecular complexity index is 1200. The van der Waals surface area contributed by atoms with Crippen LogP contribution in [0.2, 0.25) is 0 Å². The van der Waals surface area contributed by atoms with Crippen LogP contribution in [-0.2, 0) is 35.2 Å².